The van der Waals surface area contributed by atoms with Crippen molar-refractivity contribution in [2.24, 2.45) is 5.11 Å². The summed E-state index contributed by atoms with van der Waals surface area (Å²) in [4.78, 5) is 15.7. The fourth-order valence-electron chi connectivity index (χ4n) is 1.07. The predicted octanol–water partition coefficient (Wildman–Crippen LogP) is 1.61. The number of halogens is 1. The monoisotopic (exact) mass is 214 g/mol. The Labute approximate surface area is 83.1 Å². The molecule has 1 unspecified atom stereocenters. The summed E-state index contributed by atoms with van der Waals surface area (Å²) in [5.41, 5.74) is 8.06. The molecular weight excluding hydrogens is 207 g/mol. The van der Waals surface area contributed by atoms with E-state index in [0.717, 1.165) is 4.57 Å². The quantitative estimate of drug-likeness (QED) is 0.244. The van der Waals surface area contributed by atoms with E-state index in [9.17, 15) is 14.5 Å². The van der Waals surface area contributed by atoms with E-state index in [0.29, 0.717) is 0 Å². The highest BCUT2D eigenvalue weighted by molar-refractivity contribution is 5.08. The van der Waals surface area contributed by atoms with Crippen molar-refractivity contribution in [3.8, 4) is 0 Å². The van der Waals surface area contributed by atoms with Crippen molar-refractivity contribution >= 4 is 5.95 Å². The smallest absolute Gasteiger partial charge is 0.390 e. The summed E-state index contributed by atoms with van der Waals surface area (Å²) in [6.45, 7) is -1.06. The highest BCUT2D eigenvalue weighted by Gasteiger charge is 2.22. The van der Waals surface area contributed by atoms with Gasteiger partial charge in [0.15, 0.2) is 0 Å². The largest absolute Gasteiger partial charge is 0.434 e. The highest BCUT2D eigenvalue weighted by Crippen LogP contribution is 2.16. The lowest BCUT2D eigenvalue weighted by molar-refractivity contribution is -0.397. The van der Waals surface area contributed by atoms with Crippen LogP contribution < -0.4 is 0 Å². The van der Waals surface area contributed by atoms with Crippen LogP contribution in [0.15, 0.2) is 17.5 Å². The molecule has 0 saturated heterocycles. The van der Waals surface area contributed by atoms with Gasteiger partial charge in [0.1, 0.15) is 25.1 Å². The molecule has 0 spiro atoms. The van der Waals surface area contributed by atoms with E-state index in [2.05, 4.69) is 15.0 Å². The van der Waals surface area contributed by atoms with Gasteiger partial charge >= 0.3 is 5.95 Å². The Morgan fingerprint density at radius 3 is 3.13 bits per heavy atom. The SMILES string of the molecule is [N-]=[N+]=NCC(CF)n1ccnc1[N+](=O)[O-]. The molecule has 9 heteroatoms. The Kier molecular flexibility index (Phi) is 3.58. The number of nitro groups is 1. The van der Waals surface area contributed by atoms with Gasteiger partial charge in [-0.05, 0) is 10.5 Å². The first-order valence-electron chi connectivity index (χ1n) is 3.94. The van der Waals surface area contributed by atoms with Crippen molar-refractivity contribution in [1.82, 2.24) is 9.55 Å². The van der Waals surface area contributed by atoms with E-state index in [1.165, 1.54) is 12.4 Å². The lowest BCUT2D eigenvalue weighted by Crippen LogP contribution is -2.15. The van der Waals surface area contributed by atoms with Gasteiger partial charge in [0.25, 0.3) is 0 Å². The molecule has 0 bridgehead atoms. The summed E-state index contributed by atoms with van der Waals surface area (Å²) in [7, 11) is 0. The van der Waals surface area contributed by atoms with Gasteiger partial charge in [0.05, 0.1) is 6.54 Å². The van der Waals surface area contributed by atoms with Crippen molar-refractivity contribution < 1.29 is 9.31 Å². The van der Waals surface area contributed by atoms with Crippen LogP contribution in [0.25, 0.3) is 10.4 Å². The van der Waals surface area contributed by atoms with E-state index in [-0.39, 0.29) is 6.54 Å². The topological polar surface area (TPSA) is 110 Å². The van der Waals surface area contributed by atoms with Gasteiger partial charge < -0.3 is 10.1 Å². The molecule has 0 amide bonds. The lowest BCUT2D eigenvalue weighted by atomic mass is 10.3. The van der Waals surface area contributed by atoms with Crippen LogP contribution in [0, 0.1) is 10.1 Å². The van der Waals surface area contributed by atoms with Crippen molar-refractivity contribution in [3.63, 3.8) is 0 Å². The Hall–Kier alpha value is -2.15. The predicted molar refractivity (Wildman–Crippen MR) is 47.9 cm³/mol. The molecule has 15 heavy (non-hydrogen) atoms. The van der Waals surface area contributed by atoms with Gasteiger partial charge in [-0.2, -0.15) is 0 Å². The van der Waals surface area contributed by atoms with Crippen LogP contribution in [-0.2, 0) is 0 Å². The number of azide groups is 1. The van der Waals surface area contributed by atoms with Crippen LogP contribution in [0.3, 0.4) is 0 Å². The molecule has 0 aromatic carbocycles. The number of nitrogens with zero attached hydrogens (tertiary/aromatic N) is 6. The number of rotatable bonds is 5. The molecule has 0 aliphatic rings. The molecule has 0 radical (unpaired) electrons. The second-order valence-corrected chi connectivity index (χ2v) is 2.61. The van der Waals surface area contributed by atoms with Crippen LogP contribution in [-0.4, -0.2) is 27.7 Å². The summed E-state index contributed by atoms with van der Waals surface area (Å²) < 4.78 is 13.6. The number of alkyl halides is 1. The molecule has 1 heterocycles. The van der Waals surface area contributed by atoms with Crippen molar-refractivity contribution in [1.29, 1.82) is 0 Å². The number of aromatic nitrogens is 2. The average molecular weight is 214 g/mol. The van der Waals surface area contributed by atoms with E-state index in [1.807, 2.05) is 0 Å². The molecule has 80 valence electrons. The average Bonchev–Trinajstić information content (AvgIpc) is 2.68. The molecule has 0 fully saturated rings. The van der Waals surface area contributed by atoms with E-state index < -0.39 is 23.6 Å². The fourth-order valence-corrected chi connectivity index (χ4v) is 1.07. The summed E-state index contributed by atoms with van der Waals surface area (Å²) in [6, 6.07) is -0.885. The van der Waals surface area contributed by atoms with Crippen LogP contribution >= 0.6 is 0 Å². The van der Waals surface area contributed by atoms with Crippen LogP contribution in [0.2, 0.25) is 0 Å². The van der Waals surface area contributed by atoms with Gasteiger partial charge in [0.2, 0.25) is 0 Å². The van der Waals surface area contributed by atoms with Crippen molar-refractivity contribution in [3.05, 3.63) is 33.0 Å². The van der Waals surface area contributed by atoms with Crippen molar-refractivity contribution in [2.75, 3.05) is 13.2 Å². The second kappa shape index (κ2) is 4.91. The zero-order valence-corrected chi connectivity index (χ0v) is 7.52. The van der Waals surface area contributed by atoms with Gasteiger partial charge in [-0.15, -0.1) is 0 Å². The summed E-state index contributed by atoms with van der Waals surface area (Å²) in [6.07, 6.45) is 2.46. The summed E-state index contributed by atoms with van der Waals surface area (Å²) in [5, 5.41) is 13.6. The van der Waals surface area contributed by atoms with Gasteiger partial charge in [-0.25, -0.2) is 8.96 Å². The first-order valence-corrected chi connectivity index (χ1v) is 3.94. The molecule has 0 aliphatic carbocycles. The molecule has 1 atom stereocenters. The minimum Gasteiger partial charge on any atom is -0.390 e. The Bertz CT molecular complexity index is 398. The van der Waals surface area contributed by atoms with Gasteiger partial charge in [-0.3, -0.25) is 0 Å². The van der Waals surface area contributed by atoms with Crippen LogP contribution in [0.1, 0.15) is 6.04 Å². The number of hydrogen-bond acceptors (Lipinski definition) is 4. The maximum Gasteiger partial charge on any atom is 0.434 e. The van der Waals surface area contributed by atoms with Crippen molar-refractivity contribution in [2.45, 2.75) is 6.04 Å². The normalized spacial score (nSPS) is 11.8. The molecule has 0 aliphatic heterocycles. The Morgan fingerprint density at radius 2 is 2.60 bits per heavy atom. The van der Waals surface area contributed by atoms with Crippen LogP contribution in [0.4, 0.5) is 10.3 Å². The third-order valence-electron chi connectivity index (χ3n) is 1.74. The summed E-state index contributed by atoms with van der Waals surface area (Å²) in [5.74, 6) is -0.467. The molecule has 0 N–H and O–H groups in total. The first-order chi connectivity index (χ1) is 7.20. The highest BCUT2D eigenvalue weighted by atomic mass is 19.1. The Morgan fingerprint density at radius 1 is 1.87 bits per heavy atom. The zero-order valence-electron chi connectivity index (χ0n) is 7.52. The van der Waals surface area contributed by atoms with Crippen LogP contribution in [0.5, 0.6) is 0 Å². The fraction of sp³-hybridized carbons (Fsp3) is 0.500. The van der Waals surface area contributed by atoms with E-state index in [1.54, 1.807) is 0 Å². The lowest BCUT2D eigenvalue weighted by Gasteiger charge is -2.08. The van der Waals surface area contributed by atoms with Gasteiger partial charge in [-0.1, -0.05) is 10.1 Å². The number of imidazole rings is 1. The first kappa shape index (κ1) is 10.9. The molecule has 1 rings (SSSR count). The minimum absolute atomic E-state index is 0.190. The summed E-state index contributed by atoms with van der Waals surface area (Å²) >= 11 is 0. The molecule has 0 saturated carbocycles. The molecule has 8 nitrogen and oxygen atoms in total. The van der Waals surface area contributed by atoms with E-state index in [4.69, 9.17) is 5.53 Å². The second-order valence-electron chi connectivity index (χ2n) is 2.61. The maximum atomic E-state index is 12.5. The third kappa shape index (κ3) is 2.41. The number of hydrogen-bond donors (Lipinski definition) is 0. The molecule has 1 aromatic rings. The molecule has 1 aromatic heterocycles. The van der Waals surface area contributed by atoms with E-state index >= 15 is 0 Å². The minimum atomic E-state index is -0.885. The third-order valence-corrected chi connectivity index (χ3v) is 1.74. The zero-order chi connectivity index (χ0) is 11.3. The molecular formula is C6H7FN6O2. The maximum absolute atomic E-state index is 12.5. The Balaban J connectivity index is 2.95. The van der Waals surface area contributed by atoms with Gasteiger partial charge in [0, 0.05) is 4.91 Å². The standard InChI is InChI=1S/C6H7FN6O2/c7-3-5(4-10-11-8)12-2-1-9-6(12)13(14)15/h1-2,5H,3-4H2.